The van der Waals surface area contributed by atoms with Gasteiger partial charge in [-0.2, -0.15) is 0 Å². The molecule has 0 atom stereocenters. The first-order valence-corrected chi connectivity index (χ1v) is 7.39. The number of aromatic nitrogens is 2. The minimum Gasteiger partial charge on any atom is -0.367 e. The first-order chi connectivity index (χ1) is 12.0. The zero-order valence-corrected chi connectivity index (χ0v) is 13.0. The molecular formula is C17H15N5O3. The lowest BCUT2D eigenvalue weighted by molar-refractivity contribution is -0.128. The molecule has 0 aliphatic rings. The van der Waals surface area contributed by atoms with Gasteiger partial charge in [-0.25, -0.2) is 4.98 Å². The molecule has 25 heavy (non-hydrogen) atoms. The van der Waals surface area contributed by atoms with Crippen molar-refractivity contribution in [2.24, 2.45) is 11.5 Å². The number of hydrogen-bond acceptors (Lipinski definition) is 4. The molecule has 0 saturated carbocycles. The van der Waals surface area contributed by atoms with Gasteiger partial charge in [0.1, 0.15) is 6.33 Å². The SMILES string of the molecule is NC(=O)C(NC(=O)c1ccc(-n2cnc3ccccc32)cc1)C(N)=O. The largest absolute Gasteiger partial charge is 0.367 e. The zero-order valence-electron chi connectivity index (χ0n) is 13.0. The molecule has 1 aromatic heterocycles. The van der Waals surface area contributed by atoms with Crippen LogP contribution in [0.4, 0.5) is 0 Å². The van der Waals surface area contributed by atoms with E-state index in [0.717, 1.165) is 16.7 Å². The van der Waals surface area contributed by atoms with Gasteiger partial charge in [0.25, 0.3) is 5.91 Å². The molecule has 0 aliphatic heterocycles. The van der Waals surface area contributed by atoms with Crippen LogP contribution in [0.1, 0.15) is 10.4 Å². The lowest BCUT2D eigenvalue weighted by Gasteiger charge is -2.12. The number of benzene rings is 2. The standard InChI is InChI=1S/C17H15N5O3/c18-15(23)14(16(19)24)21-17(25)10-5-7-11(8-6-10)22-9-20-12-3-1-2-4-13(12)22/h1-9,14H,(H2,18,23)(H2,19,24)(H,21,25). The van der Waals surface area contributed by atoms with Gasteiger partial charge in [0.15, 0.2) is 6.04 Å². The summed E-state index contributed by atoms with van der Waals surface area (Å²) >= 11 is 0. The third-order valence-electron chi connectivity index (χ3n) is 3.71. The molecule has 0 spiro atoms. The molecule has 0 fully saturated rings. The fourth-order valence-corrected chi connectivity index (χ4v) is 2.44. The second-order valence-corrected chi connectivity index (χ2v) is 5.36. The second kappa shape index (κ2) is 6.44. The van der Waals surface area contributed by atoms with Crippen molar-refractivity contribution in [1.82, 2.24) is 14.9 Å². The van der Waals surface area contributed by atoms with Gasteiger partial charge in [0.05, 0.1) is 11.0 Å². The number of nitrogens with zero attached hydrogens (tertiary/aromatic N) is 2. The van der Waals surface area contributed by atoms with Crippen LogP contribution in [0.25, 0.3) is 16.7 Å². The smallest absolute Gasteiger partial charge is 0.252 e. The van der Waals surface area contributed by atoms with E-state index >= 15 is 0 Å². The number of para-hydroxylation sites is 2. The van der Waals surface area contributed by atoms with Crippen LogP contribution in [-0.2, 0) is 9.59 Å². The van der Waals surface area contributed by atoms with Crippen molar-refractivity contribution in [3.05, 3.63) is 60.4 Å². The molecule has 1 heterocycles. The number of rotatable bonds is 5. The third-order valence-corrected chi connectivity index (χ3v) is 3.71. The average molecular weight is 337 g/mol. The molecule has 0 bridgehead atoms. The van der Waals surface area contributed by atoms with Gasteiger partial charge in [-0.05, 0) is 36.4 Å². The third kappa shape index (κ3) is 3.18. The molecule has 3 aromatic rings. The van der Waals surface area contributed by atoms with Crippen molar-refractivity contribution in [2.75, 3.05) is 0 Å². The van der Waals surface area contributed by atoms with Gasteiger partial charge >= 0.3 is 0 Å². The predicted octanol–water partition coefficient (Wildman–Crippen LogP) is 0.0945. The summed E-state index contributed by atoms with van der Waals surface area (Å²) in [7, 11) is 0. The molecule has 0 aliphatic carbocycles. The number of fused-ring (bicyclic) bond motifs is 1. The predicted molar refractivity (Wildman–Crippen MR) is 90.7 cm³/mol. The van der Waals surface area contributed by atoms with Crippen LogP contribution in [0.3, 0.4) is 0 Å². The minimum absolute atomic E-state index is 0.265. The van der Waals surface area contributed by atoms with Crippen LogP contribution in [-0.4, -0.2) is 33.3 Å². The number of nitrogens with one attached hydrogen (secondary N) is 1. The lowest BCUT2D eigenvalue weighted by Crippen LogP contribution is -2.52. The quantitative estimate of drug-likeness (QED) is 0.569. The Morgan fingerprint density at radius 3 is 2.24 bits per heavy atom. The molecule has 5 N–H and O–H groups in total. The highest BCUT2D eigenvalue weighted by Crippen LogP contribution is 2.18. The lowest BCUT2D eigenvalue weighted by atomic mass is 10.1. The van der Waals surface area contributed by atoms with Crippen LogP contribution in [0.15, 0.2) is 54.9 Å². The van der Waals surface area contributed by atoms with E-state index in [9.17, 15) is 14.4 Å². The number of carbonyl (C=O) groups is 3. The first kappa shape index (κ1) is 16.2. The topological polar surface area (TPSA) is 133 Å². The summed E-state index contributed by atoms with van der Waals surface area (Å²) in [5, 5.41) is 2.21. The van der Waals surface area contributed by atoms with Crippen molar-refractivity contribution in [3.8, 4) is 5.69 Å². The number of primary amides is 2. The minimum atomic E-state index is -1.55. The maximum absolute atomic E-state index is 12.1. The highest BCUT2D eigenvalue weighted by Gasteiger charge is 2.24. The maximum Gasteiger partial charge on any atom is 0.252 e. The first-order valence-electron chi connectivity index (χ1n) is 7.39. The molecular weight excluding hydrogens is 322 g/mol. The van der Waals surface area contributed by atoms with Gasteiger partial charge in [0.2, 0.25) is 11.8 Å². The van der Waals surface area contributed by atoms with Gasteiger partial charge in [0, 0.05) is 11.3 Å². The van der Waals surface area contributed by atoms with Gasteiger partial charge in [-0.15, -0.1) is 0 Å². The summed E-state index contributed by atoms with van der Waals surface area (Å²) < 4.78 is 1.88. The van der Waals surface area contributed by atoms with Crippen LogP contribution in [0, 0.1) is 0 Å². The van der Waals surface area contributed by atoms with E-state index in [4.69, 9.17) is 11.5 Å². The molecule has 126 valence electrons. The molecule has 3 rings (SSSR count). The summed E-state index contributed by atoms with van der Waals surface area (Å²) in [5.74, 6) is -2.64. The summed E-state index contributed by atoms with van der Waals surface area (Å²) in [4.78, 5) is 38.7. The molecule has 0 unspecified atom stereocenters. The van der Waals surface area contributed by atoms with E-state index in [0.29, 0.717) is 0 Å². The van der Waals surface area contributed by atoms with Crippen molar-refractivity contribution in [1.29, 1.82) is 0 Å². The average Bonchev–Trinajstić information content (AvgIpc) is 3.03. The number of nitrogens with two attached hydrogens (primary N) is 2. The molecule has 2 aromatic carbocycles. The highest BCUT2D eigenvalue weighted by molar-refractivity contribution is 6.08. The van der Waals surface area contributed by atoms with Crippen molar-refractivity contribution in [3.63, 3.8) is 0 Å². The summed E-state index contributed by atoms with van der Waals surface area (Å²) in [6.07, 6.45) is 1.69. The van der Waals surface area contributed by atoms with Gasteiger partial charge in [-0.3, -0.25) is 19.0 Å². The monoisotopic (exact) mass is 337 g/mol. The molecule has 0 radical (unpaired) electrons. The van der Waals surface area contributed by atoms with Crippen LogP contribution in [0.2, 0.25) is 0 Å². The number of hydrogen-bond donors (Lipinski definition) is 3. The van der Waals surface area contributed by atoms with Gasteiger partial charge < -0.3 is 16.8 Å². The van der Waals surface area contributed by atoms with Crippen molar-refractivity contribution in [2.45, 2.75) is 6.04 Å². The Bertz CT molecular complexity index is 948. The normalized spacial score (nSPS) is 10.8. The summed E-state index contributed by atoms with van der Waals surface area (Å²) in [6, 6.07) is 12.7. The number of imidazole rings is 1. The Morgan fingerprint density at radius 1 is 0.960 bits per heavy atom. The molecule has 3 amide bonds. The van der Waals surface area contributed by atoms with Crippen LogP contribution >= 0.6 is 0 Å². The van der Waals surface area contributed by atoms with E-state index in [2.05, 4.69) is 10.3 Å². The van der Waals surface area contributed by atoms with Crippen LogP contribution in [0.5, 0.6) is 0 Å². The van der Waals surface area contributed by atoms with Crippen molar-refractivity contribution < 1.29 is 14.4 Å². The molecule has 8 nitrogen and oxygen atoms in total. The van der Waals surface area contributed by atoms with E-state index in [-0.39, 0.29) is 5.56 Å². The van der Waals surface area contributed by atoms with E-state index in [1.165, 1.54) is 0 Å². The maximum atomic E-state index is 12.1. The van der Waals surface area contributed by atoms with E-state index < -0.39 is 23.8 Å². The van der Waals surface area contributed by atoms with E-state index in [1.54, 1.807) is 30.6 Å². The summed E-state index contributed by atoms with van der Waals surface area (Å²) in [5.41, 5.74) is 12.9. The van der Waals surface area contributed by atoms with Crippen molar-refractivity contribution >= 4 is 28.8 Å². The van der Waals surface area contributed by atoms with Gasteiger partial charge in [-0.1, -0.05) is 12.1 Å². The Balaban J connectivity index is 1.84. The molecule has 0 saturated heterocycles. The number of amides is 3. The Labute approximate surface area is 142 Å². The van der Waals surface area contributed by atoms with E-state index in [1.807, 2.05) is 28.8 Å². The summed E-state index contributed by atoms with van der Waals surface area (Å²) in [6.45, 7) is 0. The fourth-order valence-electron chi connectivity index (χ4n) is 2.44. The second-order valence-electron chi connectivity index (χ2n) is 5.36. The fraction of sp³-hybridized carbons (Fsp3) is 0.0588. The van der Waals surface area contributed by atoms with Crippen LogP contribution < -0.4 is 16.8 Å². The number of carbonyl (C=O) groups excluding carboxylic acids is 3. The highest BCUT2D eigenvalue weighted by atomic mass is 16.2. The molecule has 8 heteroatoms. The zero-order chi connectivity index (χ0) is 18.0. The Kier molecular flexibility index (Phi) is 4.17. The Morgan fingerprint density at radius 2 is 1.60 bits per heavy atom. The Hall–Kier alpha value is -3.68.